The van der Waals surface area contributed by atoms with Crippen molar-refractivity contribution in [2.45, 2.75) is 51.6 Å². The van der Waals surface area contributed by atoms with Crippen LogP contribution in [0.3, 0.4) is 0 Å². The Hall–Kier alpha value is -0.570. The molecule has 0 heterocycles. The van der Waals surface area contributed by atoms with Gasteiger partial charge in [0, 0.05) is 5.54 Å². The van der Waals surface area contributed by atoms with Crippen LogP contribution in [0.15, 0.2) is 0 Å². The van der Waals surface area contributed by atoms with E-state index in [1.54, 1.807) is 0 Å². The van der Waals surface area contributed by atoms with Crippen molar-refractivity contribution in [3.8, 4) is 0 Å². The van der Waals surface area contributed by atoms with E-state index in [0.29, 0.717) is 0 Å². The highest BCUT2D eigenvalue weighted by Gasteiger charge is 2.34. The van der Waals surface area contributed by atoms with Crippen LogP contribution < -0.4 is 11.1 Å². The summed E-state index contributed by atoms with van der Waals surface area (Å²) in [7, 11) is 0. The Labute approximate surface area is 80.1 Å². The van der Waals surface area contributed by atoms with Crippen molar-refractivity contribution in [2.24, 2.45) is 11.7 Å². The van der Waals surface area contributed by atoms with E-state index in [9.17, 15) is 4.79 Å². The number of carbonyl (C=O) groups excluding carboxylic acids is 1. The molecule has 1 fully saturated rings. The monoisotopic (exact) mass is 184 g/mol. The van der Waals surface area contributed by atoms with E-state index in [-0.39, 0.29) is 23.4 Å². The van der Waals surface area contributed by atoms with Crippen LogP contribution in [0, 0.1) is 5.92 Å². The van der Waals surface area contributed by atoms with Gasteiger partial charge in [0.1, 0.15) is 0 Å². The molecule has 1 aliphatic rings. The van der Waals surface area contributed by atoms with Crippen LogP contribution in [0.25, 0.3) is 0 Å². The lowest BCUT2D eigenvalue weighted by Crippen LogP contribution is -2.56. The molecule has 3 nitrogen and oxygen atoms in total. The zero-order valence-corrected chi connectivity index (χ0v) is 8.76. The molecule has 0 spiro atoms. The first-order valence-corrected chi connectivity index (χ1v) is 5.02. The Kier molecular flexibility index (Phi) is 2.96. The first kappa shape index (κ1) is 10.5. The highest BCUT2D eigenvalue weighted by molar-refractivity contribution is 5.82. The molecular formula is C10H20N2O. The molecule has 1 rings (SSSR count). The van der Waals surface area contributed by atoms with Crippen molar-refractivity contribution in [1.82, 2.24) is 5.32 Å². The number of amides is 1. The maximum Gasteiger partial charge on any atom is 0.237 e. The zero-order valence-electron chi connectivity index (χ0n) is 8.76. The second kappa shape index (κ2) is 3.66. The second-order valence-corrected chi connectivity index (χ2v) is 4.67. The third-order valence-electron chi connectivity index (χ3n) is 2.90. The predicted molar refractivity (Wildman–Crippen MR) is 53.2 cm³/mol. The normalized spacial score (nSPS) is 22.2. The summed E-state index contributed by atoms with van der Waals surface area (Å²) in [6.45, 7) is 6.02. The van der Waals surface area contributed by atoms with Crippen LogP contribution in [-0.2, 0) is 4.79 Å². The first-order chi connectivity index (χ1) is 5.94. The van der Waals surface area contributed by atoms with Crippen LogP contribution in [0.5, 0.6) is 0 Å². The van der Waals surface area contributed by atoms with Crippen molar-refractivity contribution >= 4 is 5.91 Å². The van der Waals surface area contributed by atoms with Gasteiger partial charge in [-0.2, -0.15) is 0 Å². The average Bonchev–Trinajstić information content (AvgIpc) is 1.99. The molecule has 1 aliphatic carbocycles. The predicted octanol–water partition coefficient (Wildman–Crippen LogP) is 1.03. The lowest BCUT2D eigenvalue weighted by atomic mass is 9.78. The van der Waals surface area contributed by atoms with Gasteiger partial charge >= 0.3 is 0 Å². The van der Waals surface area contributed by atoms with Gasteiger partial charge in [-0.3, -0.25) is 4.79 Å². The Morgan fingerprint density at radius 3 is 2.31 bits per heavy atom. The largest absolute Gasteiger partial charge is 0.350 e. The SMILES string of the molecule is CC(C)[C@H](N)C(=O)NC1(C)CCC1. The molecule has 0 aromatic rings. The lowest BCUT2D eigenvalue weighted by molar-refractivity contribution is -0.126. The quantitative estimate of drug-likeness (QED) is 0.688. The van der Waals surface area contributed by atoms with E-state index in [4.69, 9.17) is 5.73 Å². The molecule has 1 amide bonds. The molecule has 3 N–H and O–H groups in total. The number of rotatable bonds is 3. The molecule has 0 radical (unpaired) electrons. The van der Waals surface area contributed by atoms with Gasteiger partial charge in [-0.15, -0.1) is 0 Å². The van der Waals surface area contributed by atoms with Crippen LogP contribution in [0.2, 0.25) is 0 Å². The molecule has 0 aliphatic heterocycles. The minimum atomic E-state index is -0.363. The van der Waals surface area contributed by atoms with E-state index in [2.05, 4.69) is 12.2 Å². The Bertz CT molecular complexity index is 197. The number of carbonyl (C=O) groups is 1. The third-order valence-corrected chi connectivity index (χ3v) is 2.90. The van der Waals surface area contributed by atoms with Crippen LogP contribution in [0.4, 0.5) is 0 Å². The molecule has 13 heavy (non-hydrogen) atoms. The highest BCUT2D eigenvalue weighted by atomic mass is 16.2. The Morgan fingerprint density at radius 1 is 1.46 bits per heavy atom. The van der Waals surface area contributed by atoms with Crippen molar-refractivity contribution in [2.75, 3.05) is 0 Å². The summed E-state index contributed by atoms with van der Waals surface area (Å²) in [6.07, 6.45) is 3.39. The topological polar surface area (TPSA) is 55.1 Å². The fourth-order valence-electron chi connectivity index (χ4n) is 1.52. The molecule has 3 heteroatoms. The summed E-state index contributed by atoms with van der Waals surface area (Å²) in [6, 6.07) is -0.363. The Balaban J connectivity index is 2.40. The van der Waals surface area contributed by atoms with E-state index in [1.807, 2.05) is 13.8 Å². The van der Waals surface area contributed by atoms with E-state index >= 15 is 0 Å². The molecule has 0 aromatic heterocycles. The maximum atomic E-state index is 11.6. The molecule has 1 saturated carbocycles. The molecule has 0 aromatic carbocycles. The molecule has 0 saturated heterocycles. The van der Waals surface area contributed by atoms with Crippen molar-refractivity contribution < 1.29 is 4.79 Å². The van der Waals surface area contributed by atoms with Gasteiger partial charge in [-0.25, -0.2) is 0 Å². The van der Waals surface area contributed by atoms with Crippen LogP contribution in [-0.4, -0.2) is 17.5 Å². The third kappa shape index (κ3) is 2.44. The van der Waals surface area contributed by atoms with Crippen LogP contribution >= 0.6 is 0 Å². The number of nitrogens with two attached hydrogens (primary N) is 1. The second-order valence-electron chi connectivity index (χ2n) is 4.67. The van der Waals surface area contributed by atoms with E-state index in [0.717, 1.165) is 12.8 Å². The van der Waals surface area contributed by atoms with Gasteiger partial charge in [0.05, 0.1) is 6.04 Å². The fourth-order valence-corrected chi connectivity index (χ4v) is 1.52. The van der Waals surface area contributed by atoms with Crippen molar-refractivity contribution in [1.29, 1.82) is 0 Å². The smallest absolute Gasteiger partial charge is 0.237 e. The molecular weight excluding hydrogens is 164 g/mol. The van der Waals surface area contributed by atoms with Crippen molar-refractivity contribution in [3.63, 3.8) is 0 Å². The minimum Gasteiger partial charge on any atom is -0.350 e. The van der Waals surface area contributed by atoms with Gasteiger partial charge in [-0.05, 0) is 32.1 Å². The lowest BCUT2D eigenvalue weighted by Gasteiger charge is -2.40. The van der Waals surface area contributed by atoms with Gasteiger partial charge in [0.2, 0.25) is 5.91 Å². The maximum absolute atomic E-state index is 11.6. The van der Waals surface area contributed by atoms with Gasteiger partial charge in [0.25, 0.3) is 0 Å². The minimum absolute atomic E-state index is 0.00259. The Morgan fingerprint density at radius 2 is 2.00 bits per heavy atom. The summed E-state index contributed by atoms with van der Waals surface area (Å²) in [4.78, 5) is 11.6. The van der Waals surface area contributed by atoms with E-state index in [1.165, 1.54) is 6.42 Å². The van der Waals surface area contributed by atoms with E-state index < -0.39 is 0 Å². The summed E-state index contributed by atoms with van der Waals surface area (Å²) >= 11 is 0. The average molecular weight is 184 g/mol. The standard InChI is InChI=1S/C10H20N2O/c1-7(2)8(11)9(13)12-10(3)5-4-6-10/h7-8H,4-6,11H2,1-3H3,(H,12,13)/t8-/m0/s1. The fraction of sp³-hybridized carbons (Fsp3) is 0.900. The summed E-state index contributed by atoms with van der Waals surface area (Å²) < 4.78 is 0. The summed E-state index contributed by atoms with van der Waals surface area (Å²) in [5, 5.41) is 3.01. The van der Waals surface area contributed by atoms with Gasteiger partial charge < -0.3 is 11.1 Å². The summed E-state index contributed by atoms with van der Waals surface area (Å²) in [5.74, 6) is 0.209. The molecule has 0 bridgehead atoms. The molecule has 1 atom stereocenters. The highest BCUT2D eigenvalue weighted by Crippen LogP contribution is 2.30. The number of nitrogens with one attached hydrogen (secondary N) is 1. The van der Waals surface area contributed by atoms with Gasteiger partial charge in [-0.1, -0.05) is 13.8 Å². The molecule has 0 unspecified atom stereocenters. The zero-order chi connectivity index (χ0) is 10.1. The first-order valence-electron chi connectivity index (χ1n) is 5.02. The molecule has 76 valence electrons. The number of hydrogen-bond acceptors (Lipinski definition) is 2. The van der Waals surface area contributed by atoms with Gasteiger partial charge in [0.15, 0.2) is 0 Å². The number of hydrogen-bond donors (Lipinski definition) is 2. The van der Waals surface area contributed by atoms with Crippen molar-refractivity contribution in [3.05, 3.63) is 0 Å². The van der Waals surface area contributed by atoms with Crippen LogP contribution in [0.1, 0.15) is 40.0 Å². The summed E-state index contributed by atoms with van der Waals surface area (Å²) in [5.41, 5.74) is 5.77.